The summed E-state index contributed by atoms with van der Waals surface area (Å²) in [5.74, 6) is -0.213. The van der Waals surface area contributed by atoms with Gasteiger partial charge in [-0.05, 0) is 44.5 Å². The van der Waals surface area contributed by atoms with Crippen molar-refractivity contribution in [2.45, 2.75) is 33.2 Å². The first kappa shape index (κ1) is 14.2. The second kappa shape index (κ2) is 6.26. The van der Waals surface area contributed by atoms with Gasteiger partial charge in [0.05, 0.1) is 5.69 Å². The van der Waals surface area contributed by atoms with Gasteiger partial charge in [0.15, 0.2) is 0 Å². The predicted molar refractivity (Wildman–Crippen MR) is 79.0 cm³/mol. The van der Waals surface area contributed by atoms with Crippen LogP contribution in [-0.4, -0.2) is 11.5 Å². The Morgan fingerprint density at radius 1 is 1.42 bits per heavy atom. The van der Waals surface area contributed by atoms with Gasteiger partial charge in [-0.2, -0.15) is 0 Å². The molecule has 1 atom stereocenters. The summed E-state index contributed by atoms with van der Waals surface area (Å²) in [5, 5.41) is 6.34. The zero-order valence-corrected chi connectivity index (χ0v) is 12.4. The van der Waals surface area contributed by atoms with Crippen molar-refractivity contribution in [3.63, 3.8) is 0 Å². The highest BCUT2D eigenvalue weighted by Gasteiger charge is 2.12. The lowest BCUT2D eigenvalue weighted by Crippen LogP contribution is -2.19. The van der Waals surface area contributed by atoms with Gasteiger partial charge in [0.1, 0.15) is 10.8 Å². The largest absolute Gasteiger partial charge is 0.309 e. The number of hydrogen-bond acceptors (Lipinski definition) is 3. The van der Waals surface area contributed by atoms with Crippen molar-refractivity contribution in [2.75, 3.05) is 6.54 Å². The molecule has 0 fully saturated rings. The normalized spacial score (nSPS) is 12.6. The van der Waals surface area contributed by atoms with Gasteiger partial charge in [0, 0.05) is 17.0 Å². The zero-order valence-electron chi connectivity index (χ0n) is 11.5. The average Bonchev–Trinajstić information content (AvgIpc) is 2.88. The smallest absolute Gasteiger partial charge is 0.124 e. The highest BCUT2D eigenvalue weighted by Crippen LogP contribution is 2.29. The first-order valence-corrected chi connectivity index (χ1v) is 7.45. The van der Waals surface area contributed by atoms with Crippen LogP contribution in [0.3, 0.4) is 0 Å². The Bertz CT molecular complexity index is 551. The molecule has 0 saturated heterocycles. The molecule has 4 heteroatoms. The van der Waals surface area contributed by atoms with Gasteiger partial charge in [-0.25, -0.2) is 9.37 Å². The number of aromatic nitrogens is 1. The molecule has 2 aromatic rings. The molecule has 0 spiro atoms. The quantitative estimate of drug-likeness (QED) is 0.881. The average molecular weight is 278 g/mol. The lowest BCUT2D eigenvalue weighted by Gasteiger charge is -2.09. The molecule has 1 aromatic carbocycles. The Morgan fingerprint density at radius 3 is 2.95 bits per heavy atom. The van der Waals surface area contributed by atoms with Crippen molar-refractivity contribution < 1.29 is 4.39 Å². The molecule has 0 amide bonds. The van der Waals surface area contributed by atoms with Gasteiger partial charge in [-0.15, -0.1) is 11.3 Å². The Balaban J connectivity index is 2.23. The third-order valence-corrected chi connectivity index (χ3v) is 3.99. The minimum Gasteiger partial charge on any atom is -0.309 e. The molecule has 102 valence electrons. The molecule has 0 aliphatic heterocycles. The van der Waals surface area contributed by atoms with Crippen LogP contribution in [-0.2, 0) is 0 Å². The number of nitrogens with one attached hydrogen (secondary N) is 1. The summed E-state index contributed by atoms with van der Waals surface area (Å²) in [6.07, 6.45) is 1.10. The van der Waals surface area contributed by atoms with Gasteiger partial charge in [0.25, 0.3) is 0 Å². The molecule has 0 radical (unpaired) electrons. The van der Waals surface area contributed by atoms with E-state index in [-0.39, 0.29) is 11.9 Å². The molecule has 2 rings (SSSR count). The predicted octanol–water partition coefficient (Wildman–Crippen LogP) is 4.32. The number of rotatable bonds is 5. The molecule has 1 N–H and O–H groups in total. The highest BCUT2D eigenvalue weighted by atomic mass is 32.1. The second-order valence-corrected chi connectivity index (χ2v) is 5.57. The van der Waals surface area contributed by atoms with E-state index in [2.05, 4.69) is 24.1 Å². The summed E-state index contributed by atoms with van der Waals surface area (Å²) in [6.45, 7) is 7.21. The van der Waals surface area contributed by atoms with E-state index in [4.69, 9.17) is 0 Å². The minimum atomic E-state index is -0.213. The van der Waals surface area contributed by atoms with Crippen LogP contribution in [0.2, 0.25) is 0 Å². The zero-order chi connectivity index (χ0) is 13.8. The molecule has 0 saturated carbocycles. The van der Waals surface area contributed by atoms with Gasteiger partial charge in [-0.3, -0.25) is 0 Å². The fourth-order valence-electron chi connectivity index (χ4n) is 1.90. The van der Waals surface area contributed by atoms with Crippen LogP contribution in [0, 0.1) is 12.7 Å². The van der Waals surface area contributed by atoms with Crippen molar-refractivity contribution in [2.24, 2.45) is 0 Å². The van der Waals surface area contributed by atoms with Crippen molar-refractivity contribution in [1.82, 2.24) is 10.3 Å². The number of nitrogens with zero attached hydrogens (tertiary/aromatic N) is 1. The van der Waals surface area contributed by atoms with E-state index < -0.39 is 0 Å². The molecule has 1 heterocycles. The molecule has 0 aliphatic carbocycles. The standard InChI is InChI=1S/C15H19FN2S/c1-4-7-17-11(3)14-9-19-15(18-14)13-8-12(16)6-5-10(13)2/h5-6,8-9,11,17H,4,7H2,1-3H3. The Hall–Kier alpha value is -1.26. The van der Waals surface area contributed by atoms with E-state index >= 15 is 0 Å². The number of halogens is 1. The summed E-state index contributed by atoms with van der Waals surface area (Å²) in [5.41, 5.74) is 2.97. The highest BCUT2D eigenvalue weighted by molar-refractivity contribution is 7.13. The molecule has 0 aliphatic rings. The first-order chi connectivity index (χ1) is 9.11. The van der Waals surface area contributed by atoms with Crippen LogP contribution in [0.4, 0.5) is 4.39 Å². The Labute approximate surface area is 117 Å². The minimum absolute atomic E-state index is 0.213. The van der Waals surface area contributed by atoms with Crippen LogP contribution in [0.5, 0.6) is 0 Å². The van der Waals surface area contributed by atoms with E-state index in [9.17, 15) is 4.39 Å². The summed E-state index contributed by atoms with van der Waals surface area (Å²) in [6, 6.07) is 5.07. The van der Waals surface area contributed by atoms with E-state index in [1.165, 1.54) is 6.07 Å². The molecular weight excluding hydrogens is 259 g/mol. The van der Waals surface area contributed by atoms with Gasteiger partial charge in [-0.1, -0.05) is 13.0 Å². The molecule has 1 aromatic heterocycles. The number of aryl methyl sites for hydroxylation is 1. The maximum absolute atomic E-state index is 13.3. The second-order valence-electron chi connectivity index (χ2n) is 4.71. The number of thiazole rings is 1. The number of hydrogen-bond donors (Lipinski definition) is 1. The van der Waals surface area contributed by atoms with Crippen LogP contribution in [0.1, 0.15) is 37.6 Å². The maximum Gasteiger partial charge on any atom is 0.124 e. The molecule has 2 nitrogen and oxygen atoms in total. The summed E-state index contributed by atoms with van der Waals surface area (Å²) in [7, 11) is 0. The maximum atomic E-state index is 13.3. The van der Waals surface area contributed by atoms with Crippen molar-refractivity contribution >= 4 is 11.3 Å². The van der Waals surface area contributed by atoms with Gasteiger partial charge < -0.3 is 5.32 Å². The first-order valence-electron chi connectivity index (χ1n) is 6.57. The Kier molecular flexibility index (Phi) is 4.66. The van der Waals surface area contributed by atoms with Crippen LogP contribution in [0.25, 0.3) is 10.6 Å². The fourth-order valence-corrected chi connectivity index (χ4v) is 2.89. The topological polar surface area (TPSA) is 24.9 Å². The summed E-state index contributed by atoms with van der Waals surface area (Å²) in [4.78, 5) is 4.62. The molecule has 0 bridgehead atoms. The van der Waals surface area contributed by atoms with Crippen LogP contribution < -0.4 is 5.32 Å². The van der Waals surface area contributed by atoms with Crippen molar-refractivity contribution in [1.29, 1.82) is 0 Å². The van der Waals surface area contributed by atoms with E-state index in [1.807, 2.05) is 12.3 Å². The fraction of sp³-hybridized carbons (Fsp3) is 0.400. The SMILES string of the molecule is CCCNC(C)c1csc(-c2cc(F)ccc2C)n1. The molecule has 1 unspecified atom stereocenters. The summed E-state index contributed by atoms with van der Waals surface area (Å²) < 4.78 is 13.3. The molecule has 19 heavy (non-hydrogen) atoms. The van der Waals surface area contributed by atoms with Gasteiger partial charge in [0.2, 0.25) is 0 Å². The van der Waals surface area contributed by atoms with E-state index in [0.717, 1.165) is 34.8 Å². The van der Waals surface area contributed by atoms with Crippen LogP contribution >= 0.6 is 11.3 Å². The van der Waals surface area contributed by atoms with Crippen LogP contribution in [0.15, 0.2) is 23.6 Å². The van der Waals surface area contributed by atoms with Crippen molar-refractivity contribution in [3.05, 3.63) is 40.7 Å². The van der Waals surface area contributed by atoms with E-state index in [1.54, 1.807) is 23.5 Å². The third-order valence-electron chi connectivity index (χ3n) is 3.10. The van der Waals surface area contributed by atoms with Crippen molar-refractivity contribution in [3.8, 4) is 10.6 Å². The molecular formula is C15H19FN2S. The number of benzene rings is 1. The third kappa shape index (κ3) is 3.39. The lowest BCUT2D eigenvalue weighted by molar-refractivity contribution is 0.561. The lowest BCUT2D eigenvalue weighted by atomic mass is 10.1. The monoisotopic (exact) mass is 278 g/mol. The van der Waals surface area contributed by atoms with Gasteiger partial charge >= 0.3 is 0 Å². The summed E-state index contributed by atoms with van der Waals surface area (Å²) >= 11 is 1.57. The Morgan fingerprint density at radius 2 is 2.21 bits per heavy atom. The van der Waals surface area contributed by atoms with E-state index in [0.29, 0.717) is 0 Å².